The van der Waals surface area contributed by atoms with Crippen LogP contribution in [-0.4, -0.2) is 24.5 Å². The van der Waals surface area contributed by atoms with Gasteiger partial charge in [-0.2, -0.15) is 0 Å². The van der Waals surface area contributed by atoms with E-state index < -0.39 is 0 Å². The molecule has 184 valence electrons. The minimum absolute atomic E-state index is 0.779. The summed E-state index contributed by atoms with van der Waals surface area (Å²) in [6.45, 7) is 11.2. The molecule has 0 N–H and O–H groups in total. The molecule has 31 heavy (non-hydrogen) atoms. The number of unbranched alkanes of at least 4 members (excludes halogenated alkanes) is 10. The molecule has 1 aliphatic carbocycles. The molecule has 0 unspecified atom stereocenters. The lowest BCUT2D eigenvalue weighted by atomic mass is 9.56. The Hall–Kier alpha value is -0.0400. The molecule has 0 bridgehead atoms. The van der Waals surface area contributed by atoms with E-state index in [4.69, 9.17) is 0 Å². The summed E-state index contributed by atoms with van der Waals surface area (Å²) in [5, 5.41) is 0. The van der Waals surface area contributed by atoms with E-state index in [-0.39, 0.29) is 0 Å². The van der Waals surface area contributed by atoms with Gasteiger partial charge in [0.1, 0.15) is 0 Å². The Bertz CT molecular complexity index is 389. The van der Waals surface area contributed by atoms with Gasteiger partial charge in [-0.1, -0.05) is 124 Å². The molecule has 1 aliphatic heterocycles. The maximum atomic E-state index is 2.78. The third-order valence-electron chi connectivity index (χ3n) is 8.85. The van der Waals surface area contributed by atoms with Crippen molar-refractivity contribution in [1.29, 1.82) is 0 Å². The zero-order valence-corrected chi connectivity index (χ0v) is 22.1. The summed E-state index contributed by atoms with van der Waals surface area (Å²) in [6.07, 6.45) is 31.1. The number of rotatable bonds is 19. The third kappa shape index (κ3) is 11.1. The Morgan fingerprint density at radius 1 is 0.645 bits per heavy atom. The highest BCUT2D eigenvalue weighted by molar-refractivity contribution is 4.97. The number of hydrogen-bond donors (Lipinski definition) is 0. The molecule has 1 spiro atoms. The van der Waals surface area contributed by atoms with Crippen LogP contribution >= 0.6 is 0 Å². The van der Waals surface area contributed by atoms with Crippen LogP contribution in [-0.2, 0) is 0 Å². The smallest absolute Gasteiger partial charge is 0.00134 e. The Balaban J connectivity index is 1.58. The van der Waals surface area contributed by atoms with E-state index in [1.165, 1.54) is 129 Å². The molecular weight excluding hydrogens is 374 g/mol. The molecule has 1 saturated carbocycles. The highest BCUT2D eigenvalue weighted by Crippen LogP contribution is 2.54. The van der Waals surface area contributed by atoms with Crippen LogP contribution < -0.4 is 0 Å². The molecule has 0 amide bonds. The van der Waals surface area contributed by atoms with Gasteiger partial charge in [-0.05, 0) is 69.0 Å². The van der Waals surface area contributed by atoms with Crippen LogP contribution in [0, 0.1) is 17.3 Å². The first-order valence-electron chi connectivity index (χ1n) is 14.9. The van der Waals surface area contributed by atoms with Gasteiger partial charge in [-0.3, -0.25) is 0 Å². The van der Waals surface area contributed by atoms with Gasteiger partial charge in [-0.15, -0.1) is 0 Å². The predicted octanol–water partition coefficient (Wildman–Crippen LogP) is 9.79. The van der Waals surface area contributed by atoms with Crippen molar-refractivity contribution in [2.75, 3.05) is 19.6 Å². The van der Waals surface area contributed by atoms with E-state index in [1.54, 1.807) is 25.7 Å². The Labute approximate surface area is 197 Å². The summed E-state index contributed by atoms with van der Waals surface area (Å²) in [5.74, 6) is 2.12. The molecule has 1 nitrogen and oxygen atoms in total. The number of nitrogens with zero attached hydrogens (tertiary/aromatic N) is 1. The van der Waals surface area contributed by atoms with E-state index in [2.05, 4.69) is 25.7 Å². The van der Waals surface area contributed by atoms with Crippen molar-refractivity contribution >= 4 is 0 Å². The van der Waals surface area contributed by atoms with Gasteiger partial charge in [-0.25, -0.2) is 0 Å². The standard InChI is InChI=1S/C30H59N/c1-4-7-10-13-16-23-31-24-21-30(22-25-31)26-29(27-30)20-19-28(17-14-11-8-5-2)18-15-12-9-6-3/h28-29H,4-27H2,1-3H3. The zero-order chi connectivity index (χ0) is 22.2. The highest BCUT2D eigenvalue weighted by Gasteiger charge is 2.45. The first-order valence-corrected chi connectivity index (χ1v) is 14.9. The van der Waals surface area contributed by atoms with E-state index >= 15 is 0 Å². The van der Waals surface area contributed by atoms with Crippen molar-refractivity contribution in [2.45, 2.75) is 156 Å². The second kappa shape index (κ2) is 16.6. The largest absolute Gasteiger partial charge is 0.303 e. The van der Waals surface area contributed by atoms with E-state index in [9.17, 15) is 0 Å². The van der Waals surface area contributed by atoms with Crippen molar-refractivity contribution in [2.24, 2.45) is 17.3 Å². The summed E-state index contributed by atoms with van der Waals surface area (Å²) in [6, 6.07) is 0. The Morgan fingerprint density at radius 2 is 1.16 bits per heavy atom. The second-order valence-electron chi connectivity index (χ2n) is 11.7. The monoisotopic (exact) mass is 433 g/mol. The zero-order valence-electron chi connectivity index (χ0n) is 22.1. The lowest BCUT2D eigenvalue weighted by Gasteiger charge is -2.53. The summed E-state index contributed by atoms with van der Waals surface area (Å²) in [5.41, 5.74) is 0.779. The average molecular weight is 434 g/mol. The van der Waals surface area contributed by atoms with Crippen LogP contribution in [0.3, 0.4) is 0 Å². The molecule has 0 aromatic heterocycles. The molecule has 0 radical (unpaired) electrons. The van der Waals surface area contributed by atoms with E-state index in [1.807, 2.05) is 0 Å². The maximum absolute atomic E-state index is 2.78. The van der Waals surface area contributed by atoms with Gasteiger partial charge >= 0.3 is 0 Å². The molecule has 0 atom stereocenters. The average Bonchev–Trinajstić information content (AvgIpc) is 2.76. The van der Waals surface area contributed by atoms with E-state index in [0.717, 1.165) is 17.3 Å². The first-order chi connectivity index (χ1) is 15.2. The molecule has 0 aromatic carbocycles. The molecule has 1 saturated heterocycles. The van der Waals surface area contributed by atoms with Gasteiger partial charge in [0.2, 0.25) is 0 Å². The molecule has 2 rings (SSSR count). The van der Waals surface area contributed by atoms with Gasteiger partial charge in [0, 0.05) is 0 Å². The van der Waals surface area contributed by atoms with Gasteiger partial charge in [0.15, 0.2) is 0 Å². The normalized spacial score (nSPS) is 19.4. The number of likely N-dealkylation sites (tertiary alicyclic amines) is 1. The summed E-state index contributed by atoms with van der Waals surface area (Å²) < 4.78 is 0. The molecule has 1 heterocycles. The number of piperidine rings is 1. The fourth-order valence-corrected chi connectivity index (χ4v) is 6.59. The fourth-order valence-electron chi connectivity index (χ4n) is 6.59. The number of hydrogen-bond acceptors (Lipinski definition) is 1. The molecular formula is C30H59N. The quantitative estimate of drug-likeness (QED) is 0.183. The molecule has 0 aromatic rings. The SMILES string of the molecule is CCCCCCCN1CCC2(CC1)CC(CCC(CCCCCC)CCCCCC)C2. The van der Waals surface area contributed by atoms with Gasteiger partial charge in [0.05, 0.1) is 0 Å². The highest BCUT2D eigenvalue weighted by atomic mass is 15.1. The van der Waals surface area contributed by atoms with Crippen LogP contribution in [0.1, 0.15) is 156 Å². The lowest BCUT2D eigenvalue weighted by Crippen LogP contribution is -2.47. The van der Waals surface area contributed by atoms with Crippen molar-refractivity contribution in [1.82, 2.24) is 4.90 Å². The topological polar surface area (TPSA) is 3.24 Å². The third-order valence-corrected chi connectivity index (χ3v) is 8.85. The predicted molar refractivity (Wildman–Crippen MR) is 140 cm³/mol. The Kier molecular flexibility index (Phi) is 14.5. The summed E-state index contributed by atoms with van der Waals surface area (Å²) in [4.78, 5) is 2.78. The second-order valence-corrected chi connectivity index (χ2v) is 11.7. The maximum Gasteiger partial charge on any atom is -0.00134 e. The van der Waals surface area contributed by atoms with Crippen molar-refractivity contribution < 1.29 is 0 Å². The minimum atomic E-state index is 0.779. The van der Waals surface area contributed by atoms with Gasteiger partial charge in [0.25, 0.3) is 0 Å². The lowest BCUT2D eigenvalue weighted by molar-refractivity contribution is -0.0186. The van der Waals surface area contributed by atoms with Crippen LogP contribution in [0.15, 0.2) is 0 Å². The van der Waals surface area contributed by atoms with Crippen LogP contribution in [0.5, 0.6) is 0 Å². The first kappa shape index (κ1) is 27.2. The Morgan fingerprint density at radius 3 is 1.71 bits per heavy atom. The van der Waals surface area contributed by atoms with Crippen molar-refractivity contribution in [3.8, 4) is 0 Å². The van der Waals surface area contributed by atoms with Crippen LogP contribution in [0.2, 0.25) is 0 Å². The van der Waals surface area contributed by atoms with Crippen LogP contribution in [0.4, 0.5) is 0 Å². The van der Waals surface area contributed by atoms with Crippen molar-refractivity contribution in [3.63, 3.8) is 0 Å². The molecule has 2 fully saturated rings. The van der Waals surface area contributed by atoms with Gasteiger partial charge < -0.3 is 4.90 Å². The van der Waals surface area contributed by atoms with Crippen LogP contribution in [0.25, 0.3) is 0 Å². The van der Waals surface area contributed by atoms with Crippen molar-refractivity contribution in [3.05, 3.63) is 0 Å². The summed E-state index contributed by atoms with van der Waals surface area (Å²) in [7, 11) is 0. The fraction of sp³-hybridized carbons (Fsp3) is 1.00. The molecule has 2 aliphatic rings. The minimum Gasteiger partial charge on any atom is -0.303 e. The summed E-state index contributed by atoms with van der Waals surface area (Å²) >= 11 is 0. The molecule has 1 heteroatoms. The van der Waals surface area contributed by atoms with E-state index in [0.29, 0.717) is 0 Å².